The Balaban J connectivity index is 2.25. The Morgan fingerprint density at radius 3 is 2.48 bits per heavy atom. The van der Waals surface area contributed by atoms with E-state index < -0.39 is 10.0 Å². The Morgan fingerprint density at radius 1 is 1.38 bits per heavy atom. The molecule has 0 aliphatic heterocycles. The molecule has 1 fully saturated rings. The third kappa shape index (κ3) is 3.46. The van der Waals surface area contributed by atoms with Crippen molar-refractivity contribution in [2.24, 2.45) is 5.41 Å². The second-order valence-corrected chi connectivity index (χ2v) is 9.89. The molecule has 2 rings (SSSR count). The zero-order chi connectivity index (χ0) is 15.8. The van der Waals surface area contributed by atoms with E-state index >= 15 is 0 Å². The van der Waals surface area contributed by atoms with Crippen LogP contribution in [0.3, 0.4) is 0 Å². The highest BCUT2D eigenvalue weighted by Crippen LogP contribution is 2.39. The summed E-state index contributed by atoms with van der Waals surface area (Å²) < 4.78 is 27.4. The summed E-state index contributed by atoms with van der Waals surface area (Å²) in [5, 5.41) is 1.88. The molecule has 3 nitrogen and oxygen atoms in total. The largest absolute Gasteiger partial charge is 0.244 e. The molecule has 0 bridgehead atoms. The molecule has 120 valence electrons. The zero-order valence-electron chi connectivity index (χ0n) is 13.1. The molecule has 6 heteroatoms. The molecule has 0 unspecified atom stereocenters. The van der Waals surface area contributed by atoms with Gasteiger partial charge in [-0.2, -0.15) is 4.31 Å². The fourth-order valence-corrected chi connectivity index (χ4v) is 6.44. The van der Waals surface area contributed by atoms with Gasteiger partial charge in [-0.25, -0.2) is 8.42 Å². The third-order valence-electron chi connectivity index (χ3n) is 4.57. The van der Waals surface area contributed by atoms with Gasteiger partial charge in [0.25, 0.3) is 0 Å². The van der Waals surface area contributed by atoms with Crippen LogP contribution in [0.5, 0.6) is 0 Å². The average molecular weight is 350 g/mol. The van der Waals surface area contributed by atoms with Crippen LogP contribution in [0.2, 0.25) is 0 Å². The van der Waals surface area contributed by atoms with Gasteiger partial charge in [0.05, 0.1) is 5.88 Å². The number of halogens is 1. The van der Waals surface area contributed by atoms with Crippen LogP contribution in [0.25, 0.3) is 0 Å². The predicted molar refractivity (Wildman–Crippen MR) is 89.6 cm³/mol. The fourth-order valence-electron chi connectivity index (χ4n) is 3.01. The molecular weight excluding hydrogens is 326 g/mol. The Kier molecular flexibility index (Phi) is 5.08. The van der Waals surface area contributed by atoms with Crippen LogP contribution in [0.1, 0.15) is 50.0 Å². The van der Waals surface area contributed by atoms with E-state index in [1.165, 1.54) is 11.3 Å². The number of sulfonamides is 1. The number of alkyl halides is 1. The first-order valence-electron chi connectivity index (χ1n) is 7.30. The van der Waals surface area contributed by atoms with Crippen molar-refractivity contribution < 1.29 is 8.42 Å². The molecular formula is C15H24ClNO2S2. The van der Waals surface area contributed by atoms with Crippen molar-refractivity contribution in [3.8, 4) is 0 Å². The highest BCUT2D eigenvalue weighted by Gasteiger charge is 2.35. The number of hydrogen-bond acceptors (Lipinski definition) is 3. The van der Waals surface area contributed by atoms with Crippen molar-refractivity contribution in [3.63, 3.8) is 0 Å². The van der Waals surface area contributed by atoms with Gasteiger partial charge >= 0.3 is 0 Å². The summed E-state index contributed by atoms with van der Waals surface area (Å²) in [5.41, 5.74) is 1.14. The smallest absolute Gasteiger partial charge is 0.207 e. The zero-order valence-corrected chi connectivity index (χ0v) is 15.5. The van der Waals surface area contributed by atoms with Gasteiger partial charge < -0.3 is 0 Å². The van der Waals surface area contributed by atoms with Crippen molar-refractivity contribution in [2.45, 2.75) is 63.3 Å². The summed E-state index contributed by atoms with van der Waals surface area (Å²) in [6.07, 6.45) is 4.01. The number of nitrogens with zero attached hydrogens (tertiary/aromatic N) is 1. The fraction of sp³-hybridized carbons (Fsp3) is 0.733. The average Bonchev–Trinajstić information content (AvgIpc) is 2.79. The highest BCUT2D eigenvalue weighted by atomic mass is 35.5. The van der Waals surface area contributed by atoms with E-state index in [9.17, 15) is 8.42 Å². The minimum absolute atomic E-state index is 0.102. The van der Waals surface area contributed by atoms with E-state index in [1.54, 1.807) is 11.4 Å². The molecule has 1 aliphatic carbocycles. The Labute approximate surface area is 137 Å². The van der Waals surface area contributed by atoms with E-state index in [1.807, 2.05) is 12.3 Å². The molecule has 0 saturated heterocycles. The van der Waals surface area contributed by atoms with E-state index in [4.69, 9.17) is 11.6 Å². The van der Waals surface area contributed by atoms with Crippen molar-refractivity contribution in [1.29, 1.82) is 0 Å². The summed E-state index contributed by atoms with van der Waals surface area (Å²) >= 11 is 7.34. The third-order valence-corrected chi connectivity index (χ3v) is 8.37. The number of rotatable bonds is 4. The van der Waals surface area contributed by atoms with Crippen molar-refractivity contribution in [2.75, 3.05) is 7.05 Å². The Morgan fingerprint density at radius 2 is 1.95 bits per heavy atom. The molecule has 1 aromatic heterocycles. The van der Waals surface area contributed by atoms with Gasteiger partial charge in [0.15, 0.2) is 0 Å². The van der Waals surface area contributed by atoms with Crippen molar-refractivity contribution in [3.05, 3.63) is 15.8 Å². The summed E-state index contributed by atoms with van der Waals surface area (Å²) in [5.74, 6) is 0.249. The molecule has 0 spiro atoms. The number of thiophene rings is 1. The van der Waals surface area contributed by atoms with Crippen LogP contribution in [0, 0.1) is 12.3 Å². The minimum Gasteiger partial charge on any atom is -0.207 e. The first-order chi connectivity index (χ1) is 9.69. The summed E-state index contributed by atoms with van der Waals surface area (Å²) in [4.78, 5) is 1.17. The normalized spacial score (nSPS) is 20.1. The molecule has 1 heterocycles. The van der Waals surface area contributed by atoms with E-state index in [2.05, 4.69) is 13.8 Å². The molecule has 1 saturated carbocycles. The number of aryl methyl sites for hydroxylation is 1. The predicted octanol–water partition coefficient (Wildman–Crippen LogP) is 4.38. The summed E-state index contributed by atoms with van der Waals surface area (Å²) in [6, 6.07) is 0.102. The standard InChI is InChI=1S/C15H24ClNO2S2/c1-11-10-20-13(9-16)14(11)21(18,19)17(4)12-5-7-15(2,3)8-6-12/h10,12H,5-9H2,1-4H3. The monoisotopic (exact) mass is 349 g/mol. The molecule has 0 radical (unpaired) electrons. The molecule has 1 aromatic rings. The SMILES string of the molecule is Cc1csc(CCl)c1S(=O)(=O)N(C)C1CCC(C)(C)CC1. The van der Waals surface area contributed by atoms with Crippen molar-refractivity contribution in [1.82, 2.24) is 4.31 Å². The quantitative estimate of drug-likeness (QED) is 0.756. The van der Waals surface area contributed by atoms with Gasteiger partial charge in [-0.1, -0.05) is 13.8 Å². The van der Waals surface area contributed by atoms with Gasteiger partial charge in [0.2, 0.25) is 10.0 Å². The van der Waals surface area contributed by atoms with Crippen LogP contribution < -0.4 is 0 Å². The van der Waals surface area contributed by atoms with E-state index in [0.29, 0.717) is 10.3 Å². The van der Waals surface area contributed by atoms with Crippen LogP contribution in [-0.4, -0.2) is 25.8 Å². The van der Waals surface area contributed by atoms with Gasteiger partial charge in [-0.15, -0.1) is 22.9 Å². The van der Waals surface area contributed by atoms with E-state index in [0.717, 1.165) is 36.1 Å². The summed E-state index contributed by atoms with van der Waals surface area (Å²) in [6.45, 7) is 6.36. The second kappa shape index (κ2) is 6.19. The van der Waals surface area contributed by atoms with Gasteiger partial charge in [-0.3, -0.25) is 0 Å². The van der Waals surface area contributed by atoms with Gasteiger partial charge in [-0.05, 0) is 49.0 Å². The minimum atomic E-state index is -3.45. The lowest BCUT2D eigenvalue weighted by atomic mass is 9.76. The highest BCUT2D eigenvalue weighted by molar-refractivity contribution is 7.89. The Hall–Kier alpha value is -0.100. The van der Waals surface area contributed by atoms with Crippen LogP contribution >= 0.6 is 22.9 Å². The first kappa shape index (κ1) is 17.3. The summed E-state index contributed by atoms with van der Waals surface area (Å²) in [7, 11) is -1.73. The molecule has 0 N–H and O–H groups in total. The maximum Gasteiger partial charge on any atom is 0.244 e. The molecule has 21 heavy (non-hydrogen) atoms. The van der Waals surface area contributed by atoms with Crippen LogP contribution in [0.15, 0.2) is 10.3 Å². The molecule has 0 atom stereocenters. The topological polar surface area (TPSA) is 37.4 Å². The maximum atomic E-state index is 12.9. The lowest BCUT2D eigenvalue weighted by Gasteiger charge is -2.38. The Bertz CT molecular complexity index is 597. The van der Waals surface area contributed by atoms with Crippen LogP contribution in [-0.2, 0) is 15.9 Å². The van der Waals surface area contributed by atoms with Gasteiger partial charge in [0.1, 0.15) is 4.90 Å². The second-order valence-electron chi connectivity index (χ2n) is 6.72. The lowest BCUT2D eigenvalue weighted by molar-refractivity contribution is 0.174. The van der Waals surface area contributed by atoms with Crippen molar-refractivity contribution >= 4 is 33.0 Å². The van der Waals surface area contributed by atoms with E-state index in [-0.39, 0.29) is 11.9 Å². The molecule has 0 aromatic carbocycles. The molecule has 1 aliphatic rings. The first-order valence-corrected chi connectivity index (χ1v) is 10.2. The van der Waals surface area contributed by atoms with Gasteiger partial charge in [0, 0.05) is 18.0 Å². The lowest BCUT2D eigenvalue weighted by Crippen LogP contribution is -2.41. The van der Waals surface area contributed by atoms with Crippen LogP contribution in [0.4, 0.5) is 0 Å². The molecule has 0 amide bonds. The maximum absolute atomic E-state index is 12.9. The number of hydrogen-bond donors (Lipinski definition) is 0.